The minimum absolute atomic E-state index is 0. The largest absolute Gasteiger partial charge is 1.00 e. The number of furan rings is 1. The Bertz CT molecular complexity index is 1140. The van der Waals surface area contributed by atoms with Crippen LogP contribution in [-0.2, 0) is 12.8 Å². The molecule has 0 fully saturated rings. The quantitative estimate of drug-likeness (QED) is 0.518. The van der Waals surface area contributed by atoms with Gasteiger partial charge in [0.15, 0.2) is 0 Å². The van der Waals surface area contributed by atoms with Gasteiger partial charge in [0.25, 0.3) is 0 Å². The van der Waals surface area contributed by atoms with Crippen LogP contribution >= 0.6 is 11.3 Å². The highest BCUT2D eigenvalue weighted by Crippen LogP contribution is 2.43. The summed E-state index contributed by atoms with van der Waals surface area (Å²) in [4.78, 5) is 7.74. The summed E-state index contributed by atoms with van der Waals surface area (Å²) in [6, 6.07) is 13.2. The highest BCUT2D eigenvalue weighted by atomic mass is 35.5. The Kier molecular flexibility index (Phi) is 4.61. The van der Waals surface area contributed by atoms with Crippen LogP contribution in [0.2, 0.25) is 0 Å². The first kappa shape index (κ1) is 18.3. The van der Waals surface area contributed by atoms with Crippen LogP contribution in [0.15, 0.2) is 40.8 Å². The molecule has 0 saturated heterocycles. The maximum atomic E-state index is 5.77. The first-order valence-electron chi connectivity index (χ1n) is 9.20. The number of halogens is 1. The molecule has 138 valence electrons. The Morgan fingerprint density at radius 3 is 2.44 bits per heavy atom. The number of aryl methyl sites for hydroxylation is 5. The summed E-state index contributed by atoms with van der Waals surface area (Å²) >= 11 is 1.88. The van der Waals surface area contributed by atoms with Crippen molar-refractivity contribution < 1.29 is 16.8 Å². The average molecular weight is 395 g/mol. The fraction of sp³-hybridized carbons (Fsp3) is 0.261. The lowest BCUT2D eigenvalue weighted by Crippen LogP contribution is -3.00. The van der Waals surface area contributed by atoms with Crippen molar-refractivity contribution in [1.82, 2.24) is 4.98 Å². The molecule has 3 aromatic heterocycles. The van der Waals surface area contributed by atoms with Crippen molar-refractivity contribution in [3.63, 3.8) is 0 Å². The molecule has 27 heavy (non-hydrogen) atoms. The Hall–Kier alpha value is -2.10. The molecule has 0 unspecified atom stereocenters. The molecular formula is C23H21ClNOS-. The second kappa shape index (κ2) is 6.81. The fourth-order valence-electron chi connectivity index (χ4n) is 4.08. The van der Waals surface area contributed by atoms with Gasteiger partial charge >= 0.3 is 0 Å². The molecular weight excluding hydrogens is 374 g/mol. The van der Waals surface area contributed by atoms with E-state index in [1.165, 1.54) is 56.6 Å². The van der Waals surface area contributed by atoms with E-state index in [1.807, 2.05) is 25.2 Å². The Morgan fingerprint density at radius 1 is 0.963 bits per heavy atom. The molecule has 0 N–H and O–H groups in total. The van der Waals surface area contributed by atoms with E-state index in [0.717, 1.165) is 22.8 Å². The van der Waals surface area contributed by atoms with Gasteiger partial charge in [0.05, 0.1) is 5.69 Å². The van der Waals surface area contributed by atoms with Crippen LogP contribution in [0.4, 0.5) is 0 Å². The lowest BCUT2D eigenvalue weighted by Gasteiger charge is -2.09. The van der Waals surface area contributed by atoms with Crippen LogP contribution in [-0.4, -0.2) is 4.98 Å². The third kappa shape index (κ3) is 2.99. The number of fused-ring (bicyclic) bond motifs is 3. The summed E-state index contributed by atoms with van der Waals surface area (Å²) in [5.74, 6) is 1.87. The highest BCUT2D eigenvalue weighted by Gasteiger charge is 2.23. The van der Waals surface area contributed by atoms with Crippen LogP contribution in [0.3, 0.4) is 0 Å². The van der Waals surface area contributed by atoms with Crippen LogP contribution in [0, 0.1) is 20.8 Å². The SMILES string of the molecule is Cc1ccc(-c2cc(-c3cc(C)oc3C)nc3sc4c(c23)CCC4)cc1.[Cl-]. The zero-order valence-electron chi connectivity index (χ0n) is 15.7. The van der Waals surface area contributed by atoms with Gasteiger partial charge in [0.2, 0.25) is 0 Å². The molecule has 1 aliphatic rings. The van der Waals surface area contributed by atoms with E-state index in [1.54, 1.807) is 0 Å². The van der Waals surface area contributed by atoms with Gasteiger partial charge in [-0.1, -0.05) is 29.8 Å². The number of rotatable bonds is 2. The van der Waals surface area contributed by atoms with Gasteiger partial charge in [-0.3, -0.25) is 0 Å². The molecule has 5 rings (SSSR count). The van der Waals surface area contributed by atoms with Gasteiger partial charge in [0.1, 0.15) is 16.4 Å². The molecule has 4 aromatic rings. The summed E-state index contributed by atoms with van der Waals surface area (Å²) in [6.07, 6.45) is 3.65. The topological polar surface area (TPSA) is 26.0 Å². The normalized spacial score (nSPS) is 13.0. The molecule has 0 atom stereocenters. The van der Waals surface area contributed by atoms with E-state index in [-0.39, 0.29) is 12.4 Å². The van der Waals surface area contributed by atoms with Crippen LogP contribution in [0.25, 0.3) is 32.6 Å². The minimum atomic E-state index is 0. The molecule has 0 aliphatic heterocycles. The van der Waals surface area contributed by atoms with Crippen molar-refractivity contribution in [2.45, 2.75) is 40.0 Å². The number of pyridine rings is 1. The Balaban J connectivity index is 0.00000180. The molecule has 0 saturated carbocycles. The first-order valence-corrected chi connectivity index (χ1v) is 10.0. The molecule has 1 aromatic carbocycles. The number of thiophene rings is 1. The minimum Gasteiger partial charge on any atom is -1.00 e. The fourth-order valence-corrected chi connectivity index (χ4v) is 5.37. The second-order valence-corrected chi connectivity index (χ2v) is 8.37. The second-order valence-electron chi connectivity index (χ2n) is 7.29. The molecule has 4 heteroatoms. The van der Waals surface area contributed by atoms with Crippen molar-refractivity contribution in [2.75, 3.05) is 0 Å². The number of benzene rings is 1. The van der Waals surface area contributed by atoms with E-state index in [9.17, 15) is 0 Å². The lowest BCUT2D eigenvalue weighted by atomic mass is 9.97. The zero-order valence-corrected chi connectivity index (χ0v) is 17.3. The van der Waals surface area contributed by atoms with Gasteiger partial charge in [-0.15, -0.1) is 11.3 Å². The number of aromatic nitrogens is 1. The van der Waals surface area contributed by atoms with Gasteiger partial charge < -0.3 is 16.8 Å². The molecule has 0 spiro atoms. The standard InChI is InChI=1S/C23H21NOS.ClH/c1-13-7-9-16(10-8-13)19-12-20(18-11-14(2)25-15(18)3)24-23-22(19)17-5-4-6-21(17)26-23;/h7-12H,4-6H2,1-3H3;1H/p-1. The molecule has 0 bridgehead atoms. The number of hydrogen-bond acceptors (Lipinski definition) is 3. The van der Waals surface area contributed by atoms with Gasteiger partial charge in [0, 0.05) is 15.8 Å². The third-order valence-electron chi connectivity index (χ3n) is 5.35. The number of nitrogens with zero attached hydrogens (tertiary/aromatic N) is 1. The third-order valence-corrected chi connectivity index (χ3v) is 6.54. The summed E-state index contributed by atoms with van der Waals surface area (Å²) in [5, 5.41) is 1.37. The Morgan fingerprint density at radius 2 is 1.74 bits per heavy atom. The smallest absolute Gasteiger partial charge is 0.125 e. The molecule has 1 aliphatic carbocycles. The first-order chi connectivity index (χ1) is 12.6. The predicted octanol–water partition coefficient (Wildman–Crippen LogP) is 3.64. The van der Waals surface area contributed by atoms with Crippen molar-refractivity contribution in [1.29, 1.82) is 0 Å². The van der Waals surface area contributed by atoms with E-state index < -0.39 is 0 Å². The maximum absolute atomic E-state index is 5.77. The molecule has 0 radical (unpaired) electrons. The molecule has 2 nitrogen and oxygen atoms in total. The van der Waals surface area contributed by atoms with Crippen molar-refractivity contribution in [2.24, 2.45) is 0 Å². The predicted molar refractivity (Wildman–Crippen MR) is 109 cm³/mol. The van der Waals surface area contributed by atoms with Gasteiger partial charge in [-0.05, 0) is 68.9 Å². The van der Waals surface area contributed by atoms with E-state index in [4.69, 9.17) is 9.40 Å². The maximum Gasteiger partial charge on any atom is 0.125 e. The summed E-state index contributed by atoms with van der Waals surface area (Å²) < 4.78 is 5.77. The van der Waals surface area contributed by atoms with Crippen molar-refractivity contribution in [3.8, 4) is 22.4 Å². The summed E-state index contributed by atoms with van der Waals surface area (Å²) in [5.41, 5.74) is 7.52. The summed E-state index contributed by atoms with van der Waals surface area (Å²) in [6.45, 7) is 6.15. The van der Waals surface area contributed by atoms with Crippen LogP contribution < -0.4 is 12.4 Å². The Labute approximate surface area is 169 Å². The zero-order chi connectivity index (χ0) is 17.8. The lowest BCUT2D eigenvalue weighted by molar-refractivity contribution is -0.00000598. The van der Waals surface area contributed by atoms with Crippen molar-refractivity contribution >= 4 is 21.6 Å². The highest BCUT2D eigenvalue weighted by molar-refractivity contribution is 7.19. The van der Waals surface area contributed by atoms with Crippen molar-refractivity contribution in [3.05, 3.63) is 63.9 Å². The van der Waals surface area contributed by atoms with E-state index in [0.29, 0.717) is 0 Å². The van der Waals surface area contributed by atoms with Crippen LogP contribution in [0.1, 0.15) is 33.9 Å². The van der Waals surface area contributed by atoms with Gasteiger partial charge in [-0.25, -0.2) is 4.98 Å². The summed E-state index contributed by atoms with van der Waals surface area (Å²) in [7, 11) is 0. The molecule has 0 amide bonds. The van der Waals surface area contributed by atoms with E-state index in [2.05, 4.69) is 43.3 Å². The molecule has 3 heterocycles. The number of hydrogen-bond donors (Lipinski definition) is 0. The monoisotopic (exact) mass is 394 g/mol. The van der Waals surface area contributed by atoms with Gasteiger partial charge in [-0.2, -0.15) is 0 Å². The van der Waals surface area contributed by atoms with E-state index >= 15 is 0 Å². The average Bonchev–Trinajstić information content (AvgIpc) is 3.28. The van der Waals surface area contributed by atoms with Crippen LogP contribution in [0.5, 0.6) is 0 Å².